The number of alkyl halides is 3. The van der Waals surface area contributed by atoms with E-state index < -0.39 is 17.9 Å². The summed E-state index contributed by atoms with van der Waals surface area (Å²) >= 11 is 6.00. The number of hydrogen-bond donors (Lipinski definition) is 0. The van der Waals surface area contributed by atoms with Crippen molar-refractivity contribution in [3.63, 3.8) is 0 Å². The van der Waals surface area contributed by atoms with Crippen LogP contribution in [-0.2, 0) is 20.8 Å². The van der Waals surface area contributed by atoms with Crippen LogP contribution in [0.3, 0.4) is 0 Å². The van der Waals surface area contributed by atoms with E-state index in [1.165, 1.54) is 18.6 Å². The van der Waals surface area contributed by atoms with E-state index in [0.29, 0.717) is 45.9 Å². The zero-order chi connectivity index (χ0) is 23.7. The average molecular weight is 491 g/mol. The minimum atomic E-state index is -4.79. The van der Waals surface area contributed by atoms with E-state index >= 15 is 0 Å². The third-order valence-electron chi connectivity index (χ3n) is 6.78. The van der Waals surface area contributed by atoms with Crippen LogP contribution in [-0.4, -0.2) is 67.2 Å². The molecule has 2 heterocycles. The zero-order valence-electron chi connectivity index (χ0n) is 18.8. The van der Waals surface area contributed by atoms with Crippen molar-refractivity contribution < 1.29 is 32.2 Å². The van der Waals surface area contributed by atoms with Crippen molar-refractivity contribution >= 4 is 17.5 Å². The zero-order valence-corrected chi connectivity index (χ0v) is 19.5. The van der Waals surface area contributed by atoms with Crippen LogP contribution in [0.5, 0.6) is 5.75 Å². The molecule has 10 heteroatoms. The Kier molecular flexibility index (Phi) is 7.15. The smallest absolute Gasteiger partial charge is 0.404 e. The van der Waals surface area contributed by atoms with Crippen molar-refractivity contribution in [3.05, 3.63) is 28.8 Å². The number of rotatable bonds is 4. The molecule has 0 aromatic heterocycles. The molecule has 0 bridgehead atoms. The predicted octanol–water partition coefficient (Wildman–Crippen LogP) is 4.60. The molecule has 3 aliphatic rings. The van der Waals surface area contributed by atoms with Crippen molar-refractivity contribution in [2.24, 2.45) is 5.41 Å². The maximum atomic E-state index is 13.3. The van der Waals surface area contributed by atoms with Crippen molar-refractivity contribution in [1.82, 2.24) is 9.80 Å². The van der Waals surface area contributed by atoms with Crippen LogP contribution in [0.15, 0.2) is 18.2 Å². The van der Waals surface area contributed by atoms with Crippen molar-refractivity contribution in [2.45, 2.75) is 57.7 Å². The molecule has 2 aliphatic heterocycles. The first-order valence-electron chi connectivity index (χ1n) is 11.4. The Labute approximate surface area is 196 Å². The number of ether oxygens (including phenoxy) is 3. The minimum Gasteiger partial charge on any atom is -0.404 e. The van der Waals surface area contributed by atoms with Crippen molar-refractivity contribution in [2.75, 3.05) is 39.4 Å². The Morgan fingerprint density at radius 1 is 1.12 bits per heavy atom. The topological polar surface area (TPSA) is 51.2 Å². The number of carbonyl (C=O) groups excluding carboxylic acids is 1. The fourth-order valence-electron chi connectivity index (χ4n) is 5.11. The van der Waals surface area contributed by atoms with Gasteiger partial charge in [-0.3, -0.25) is 9.69 Å². The van der Waals surface area contributed by atoms with E-state index in [-0.39, 0.29) is 16.3 Å². The van der Waals surface area contributed by atoms with Gasteiger partial charge in [0.2, 0.25) is 5.91 Å². The summed E-state index contributed by atoms with van der Waals surface area (Å²) in [6.45, 7) is 5.38. The summed E-state index contributed by atoms with van der Waals surface area (Å²) in [7, 11) is 0. The number of carbonyl (C=O) groups is 1. The first kappa shape index (κ1) is 24.6. The molecule has 3 fully saturated rings. The van der Waals surface area contributed by atoms with Gasteiger partial charge in [0.25, 0.3) is 0 Å². The number of morpholine rings is 2. The van der Waals surface area contributed by atoms with Gasteiger partial charge in [0, 0.05) is 25.0 Å². The van der Waals surface area contributed by atoms with Gasteiger partial charge in [0.15, 0.2) is 5.79 Å². The summed E-state index contributed by atoms with van der Waals surface area (Å²) in [6.07, 6.45) is 0.379. The fourth-order valence-corrected chi connectivity index (χ4v) is 5.35. The number of nitrogens with zero attached hydrogens (tertiary/aromatic N) is 2. The summed E-state index contributed by atoms with van der Waals surface area (Å²) in [5.74, 6) is -1.15. The molecular weight excluding hydrogens is 461 g/mol. The maximum Gasteiger partial charge on any atom is 0.573 e. The van der Waals surface area contributed by atoms with E-state index in [1.807, 2.05) is 4.90 Å². The summed E-state index contributed by atoms with van der Waals surface area (Å²) in [6, 6.07) is 4.27. The Hall–Kier alpha value is -1.55. The van der Waals surface area contributed by atoms with Crippen LogP contribution in [0.2, 0.25) is 5.02 Å². The van der Waals surface area contributed by atoms with Gasteiger partial charge < -0.3 is 19.1 Å². The average Bonchev–Trinajstić information content (AvgIpc) is 2.75. The van der Waals surface area contributed by atoms with Gasteiger partial charge in [-0.1, -0.05) is 43.9 Å². The van der Waals surface area contributed by atoms with E-state index in [4.69, 9.17) is 21.1 Å². The molecule has 1 aromatic carbocycles. The van der Waals surface area contributed by atoms with Gasteiger partial charge in [-0.2, -0.15) is 0 Å². The van der Waals surface area contributed by atoms with Crippen LogP contribution >= 0.6 is 11.6 Å². The first-order chi connectivity index (χ1) is 15.6. The quantitative estimate of drug-likeness (QED) is 0.617. The molecule has 1 aromatic rings. The van der Waals surface area contributed by atoms with Gasteiger partial charge in [0.05, 0.1) is 31.3 Å². The monoisotopic (exact) mass is 490 g/mol. The van der Waals surface area contributed by atoms with Crippen molar-refractivity contribution in [1.29, 1.82) is 0 Å². The highest BCUT2D eigenvalue weighted by molar-refractivity contribution is 6.32. The largest absolute Gasteiger partial charge is 0.573 e. The highest BCUT2D eigenvalue weighted by atomic mass is 35.5. The number of amides is 1. The third-order valence-corrected chi connectivity index (χ3v) is 7.08. The minimum absolute atomic E-state index is 0.0980. The molecule has 1 amide bonds. The summed E-state index contributed by atoms with van der Waals surface area (Å²) < 4.78 is 53.5. The Balaban J connectivity index is 1.40. The number of hydrogen-bond acceptors (Lipinski definition) is 5. The molecule has 0 radical (unpaired) electrons. The van der Waals surface area contributed by atoms with Gasteiger partial charge in [0.1, 0.15) is 5.75 Å². The molecule has 2 saturated heterocycles. The lowest BCUT2D eigenvalue weighted by Gasteiger charge is -2.49. The summed E-state index contributed by atoms with van der Waals surface area (Å²) in [4.78, 5) is 17.3. The Bertz CT molecular complexity index is 859. The molecule has 0 N–H and O–H groups in total. The standard InChI is InChI=1S/C23H30ClF3N2O4/c1-21(7-3-2-4-8-21)20(30)29-10-12-32-22(16-29)15-28(9-11-31-22)14-17-5-6-19(18(24)13-17)33-23(25,26)27/h5-6,13H,2-4,7-12,14-16H2,1H3. The van der Waals surface area contributed by atoms with Crippen LogP contribution in [0, 0.1) is 5.41 Å². The van der Waals surface area contributed by atoms with E-state index in [1.54, 1.807) is 6.07 Å². The lowest BCUT2D eigenvalue weighted by atomic mass is 9.74. The molecule has 1 aliphatic carbocycles. The summed E-state index contributed by atoms with van der Waals surface area (Å²) in [5, 5.41) is -0.0980. The van der Waals surface area contributed by atoms with Crippen LogP contribution in [0.25, 0.3) is 0 Å². The number of benzene rings is 1. The first-order valence-corrected chi connectivity index (χ1v) is 11.8. The van der Waals surface area contributed by atoms with E-state index in [2.05, 4.69) is 16.6 Å². The molecule has 1 saturated carbocycles. The Morgan fingerprint density at radius 3 is 2.48 bits per heavy atom. The second-order valence-corrected chi connectivity index (χ2v) is 9.89. The molecule has 33 heavy (non-hydrogen) atoms. The Morgan fingerprint density at radius 2 is 1.82 bits per heavy atom. The van der Waals surface area contributed by atoms with Gasteiger partial charge in [-0.25, -0.2) is 0 Å². The molecule has 1 spiro atoms. The van der Waals surface area contributed by atoms with Crippen LogP contribution in [0.1, 0.15) is 44.6 Å². The van der Waals surface area contributed by atoms with Crippen LogP contribution in [0.4, 0.5) is 13.2 Å². The SMILES string of the molecule is CC1(C(=O)N2CCOC3(CN(Cc4ccc(OC(F)(F)F)c(Cl)c4)CCO3)C2)CCCCC1. The molecule has 184 valence electrons. The molecule has 1 unspecified atom stereocenters. The molecule has 1 atom stereocenters. The maximum absolute atomic E-state index is 13.3. The molecule has 4 rings (SSSR count). The van der Waals surface area contributed by atoms with E-state index in [9.17, 15) is 18.0 Å². The highest BCUT2D eigenvalue weighted by Gasteiger charge is 2.46. The van der Waals surface area contributed by atoms with E-state index in [0.717, 1.165) is 31.2 Å². The predicted molar refractivity (Wildman–Crippen MR) is 116 cm³/mol. The molecule has 6 nitrogen and oxygen atoms in total. The number of halogens is 4. The van der Waals surface area contributed by atoms with Gasteiger partial charge in [-0.15, -0.1) is 13.2 Å². The molecular formula is C23H30ClF3N2O4. The van der Waals surface area contributed by atoms with Crippen molar-refractivity contribution in [3.8, 4) is 5.75 Å². The third kappa shape index (κ3) is 5.93. The fraction of sp³-hybridized carbons (Fsp3) is 0.696. The van der Waals surface area contributed by atoms with Crippen LogP contribution < -0.4 is 4.74 Å². The second-order valence-electron chi connectivity index (χ2n) is 9.48. The lowest BCUT2D eigenvalue weighted by molar-refractivity contribution is -0.291. The normalized spacial score (nSPS) is 26.4. The van der Waals surface area contributed by atoms with Gasteiger partial charge in [-0.05, 0) is 30.5 Å². The van der Waals surface area contributed by atoms with Gasteiger partial charge >= 0.3 is 6.36 Å². The lowest BCUT2D eigenvalue weighted by Crippen LogP contribution is -2.64. The second kappa shape index (κ2) is 9.60. The summed E-state index contributed by atoms with van der Waals surface area (Å²) in [5.41, 5.74) is 0.437. The highest BCUT2D eigenvalue weighted by Crippen LogP contribution is 2.39.